The third-order valence-corrected chi connectivity index (χ3v) is 7.27. The Balaban J connectivity index is 2.47. The smallest absolute Gasteiger partial charge is 0.244 e. The fourth-order valence-corrected chi connectivity index (χ4v) is 5.37. The predicted molar refractivity (Wildman–Crippen MR) is 118 cm³/mol. The molecule has 0 spiro atoms. The zero-order valence-electron chi connectivity index (χ0n) is 17.1. The van der Waals surface area contributed by atoms with Gasteiger partial charge in [-0.2, -0.15) is 4.31 Å². The average Bonchev–Trinajstić information content (AvgIpc) is 2.61. The normalized spacial score (nSPS) is 11.7. The van der Waals surface area contributed by atoms with Gasteiger partial charge in [0.05, 0.1) is 21.5 Å². The molecule has 29 heavy (non-hydrogen) atoms. The van der Waals surface area contributed by atoms with E-state index in [2.05, 4.69) is 5.32 Å². The van der Waals surface area contributed by atoms with Gasteiger partial charge < -0.3 is 5.32 Å². The first-order valence-electron chi connectivity index (χ1n) is 9.35. The summed E-state index contributed by atoms with van der Waals surface area (Å²) in [6, 6.07) is 8.59. The van der Waals surface area contributed by atoms with Crippen LogP contribution in [0.4, 0.5) is 0 Å². The maximum atomic E-state index is 13.5. The van der Waals surface area contributed by atoms with E-state index >= 15 is 0 Å². The number of hydrogen-bond acceptors (Lipinski definition) is 3. The Morgan fingerprint density at radius 1 is 1.03 bits per heavy atom. The molecule has 0 saturated heterocycles. The third kappa shape index (κ3) is 5.95. The maximum Gasteiger partial charge on any atom is 0.244 e. The molecule has 0 radical (unpaired) electrons. The number of carbonyl (C=O) groups excluding carboxylic acids is 1. The van der Waals surface area contributed by atoms with Gasteiger partial charge in [0.25, 0.3) is 0 Å². The van der Waals surface area contributed by atoms with Crippen LogP contribution in [0, 0.1) is 20.8 Å². The summed E-state index contributed by atoms with van der Waals surface area (Å²) < 4.78 is 28.3. The Morgan fingerprint density at radius 2 is 1.66 bits per heavy atom. The SMILES string of the molecule is CCCNC(=O)CN(Cc1ccc(Cl)c(Cl)c1)S(=O)(=O)c1c(C)cc(C)cc1C. The van der Waals surface area contributed by atoms with Crippen LogP contribution in [0.3, 0.4) is 0 Å². The molecule has 1 amide bonds. The van der Waals surface area contributed by atoms with Crippen LogP contribution in [0.2, 0.25) is 10.0 Å². The summed E-state index contributed by atoms with van der Waals surface area (Å²) >= 11 is 12.1. The molecular formula is C21H26Cl2N2O3S. The lowest BCUT2D eigenvalue weighted by Crippen LogP contribution is -2.41. The fraction of sp³-hybridized carbons (Fsp3) is 0.381. The van der Waals surface area contributed by atoms with E-state index < -0.39 is 10.0 Å². The van der Waals surface area contributed by atoms with Gasteiger partial charge in [0.1, 0.15) is 0 Å². The minimum absolute atomic E-state index is 0.00548. The van der Waals surface area contributed by atoms with Crippen LogP contribution in [0.25, 0.3) is 0 Å². The molecule has 158 valence electrons. The fourth-order valence-electron chi connectivity index (χ4n) is 3.25. The van der Waals surface area contributed by atoms with Crippen LogP contribution in [-0.4, -0.2) is 31.7 Å². The number of benzene rings is 2. The number of nitrogens with zero attached hydrogens (tertiary/aromatic N) is 1. The molecule has 2 aromatic carbocycles. The van der Waals surface area contributed by atoms with Crippen molar-refractivity contribution in [2.75, 3.05) is 13.1 Å². The van der Waals surface area contributed by atoms with Gasteiger partial charge in [0.15, 0.2) is 0 Å². The molecule has 0 saturated carbocycles. The summed E-state index contributed by atoms with van der Waals surface area (Å²) in [6.07, 6.45) is 0.765. The molecule has 0 aliphatic carbocycles. The Labute approximate surface area is 183 Å². The van der Waals surface area contributed by atoms with Crippen molar-refractivity contribution in [1.82, 2.24) is 9.62 Å². The quantitative estimate of drug-likeness (QED) is 0.628. The summed E-state index contributed by atoms with van der Waals surface area (Å²) in [5.41, 5.74) is 2.93. The van der Waals surface area contributed by atoms with Gasteiger partial charge in [-0.15, -0.1) is 0 Å². The maximum absolute atomic E-state index is 13.5. The van der Waals surface area contributed by atoms with Crippen molar-refractivity contribution in [3.8, 4) is 0 Å². The first-order valence-corrected chi connectivity index (χ1v) is 11.5. The molecule has 0 aliphatic rings. The molecule has 8 heteroatoms. The number of sulfonamides is 1. The van der Waals surface area contributed by atoms with Crippen LogP contribution >= 0.6 is 23.2 Å². The molecule has 0 aromatic heterocycles. The number of halogens is 2. The first-order chi connectivity index (χ1) is 13.6. The van der Waals surface area contributed by atoms with Crippen molar-refractivity contribution in [2.45, 2.75) is 45.6 Å². The van der Waals surface area contributed by atoms with E-state index in [1.165, 1.54) is 4.31 Å². The van der Waals surface area contributed by atoms with Gasteiger partial charge in [-0.25, -0.2) is 8.42 Å². The largest absolute Gasteiger partial charge is 0.355 e. The molecule has 0 unspecified atom stereocenters. The lowest BCUT2D eigenvalue weighted by atomic mass is 10.1. The molecule has 1 N–H and O–H groups in total. The van der Waals surface area contributed by atoms with E-state index in [1.807, 2.05) is 26.0 Å². The molecule has 2 aromatic rings. The number of hydrogen-bond donors (Lipinski definition) is 1. The Kier molecular flexibility index (Phi) is 8.11. The van der Waals surface area contributed by atoms with Gasteiger partial charge in [0.2, 0.25) is 15.9 Å². The van der Waals surface area contributed by atoms with Crippen LogP contribution in [0.1, 0.15) is 35.6 Å². The highest BCUT2D eigenvalue weighted by molar-refractivity contribution is 7.89. The van der Waals surface area contributed by atoms with Crippen LogP contribution < -0.4 is 5.32 Å². The Hall–Kier alpha value is -1.60. The van der Waals surface area contributed by atoms with E-state index in [-0.39, 0.29) is 23.9 Å². The lowest BCUT2D eigenvalue weighted by Gasteiger charge is -2.24. The summed E-state index contributed by atoms with van der Waals surface area (Å²) in [7, 11) is -3.92. The van der Waals surface area contributed by atoms with E-state index in [4.69, 9.17) is 23.2 Å². The average molecular weight is 457 g/mol. The highest BCUT2D eigenvalue weighted by atomic mass is 35.5. The zero-order chi connectivity index (χ0) is 21.8. The molecular weight excluding hydrogens is 431 g/mol. The van der Waals surface area contributed by atoms with Crippen molar-refractivity contribution in [2.24, 2.45) is 0 Å². The summed E-state index contributed by atoms with van der Waals surface area (Å²) in [4.78, 5) is 12.6. The van der Waals surface area contributed by atoms with E-state index in [9.17, 15) is 13.2 Å². The van der Waals surface area contributed by atoms with Gasteiger partial charge in [-0.3, -0.25) is 4.79 Å². The third-order valence-electron chi connectivity index (χ3n) is 4.44. The molecule has 0 bridgehead atoms. The number of amides is 1. The first kappa shape index (κ1) is 23.7. The van der Waals surface area contributed by atoms with E-state index in [1.54, 1.807) is 32.0 Å². The topological polar surface area (TPSA) is 66.5 Å². The Morgan fingerprint density at radius 3 is 2.21 bits per heavy atom. The van der Waals surface area contributed by atoms with Gasteiger partial charge >= 0.3 is 0 Å². The van der Waals surface area contributed by atoms with Gasteiger partial charge in [-0.05, 0) is 56.0 Å². The van der Waals surface area contributed by atoms with Gasteiger partial charge in [-0.1, -0.05) is 53.9 Å². The number of carbonyl (C=O) groups is 1. The molecule has 2 rings (SSSR count). The molecule has 0 fully saturated rings. The highest BCUT2D eigenvalue weighted by Gasteiger charge is 2.30. The van der Waals surface area contributed by atoms with Crippen molar-refractivity contribution < 1.29 is 13.2 Å². The standard InChI is InChI=1S/C21H26Cl2N2O3S/c1-5-8-24-20(26)13-25(12-17-6-7-18(22)19(23)11-17)29(27,28)21-15(3)9-14(2)10-16(21)4/h6-7,9-11H,5,8,12-13H2,1-4H3,(H,24,26). The lowest BCUT2D eigenvalue weighted by molar-refractivity contribution is -0.121. The van der Waals surface area contributed by atoms with Crippen molar-refractivity contribution >= 4 is 39.1 Å². The summed E-state index contributed by atoms with van der Waals surface area (Å²) in [6.45, 7) is 7.59. The zero-order valence-corrected chi connectivity index (χ0v) is 19.4. The molecule has 5 nitrogen and oxygen atoms in total. The predicted octanol–water partition coefficient (Wildman–Crippen LogP) is 4.64. The second-order valence-electron chi connectivity index (χ2n) is 7.10. The minimum atomic E-state index is -3.92. The van der Waals surface area contributed by atoms with Crippen LogP contribution in [0.5, 0.6) is 0 Å². The molecule has 0 atom stereocenters. The number of rotatable bonds is 8. The van der Waals surface area contributed by atoms with Gasteiger partial charge in [0, 0.05) is 13.1 Å². The monoisotopic (exact) mass is 456 g/mol. The summed E-state index contributed by atoms with van der Waals surface area (Å²) in [5, 5.41) is 3.46. The van der Waals surface area contributed by atoms with Crippen molar-refractivity contribution in [1.29, 1.82) is 0 Å². The molecule has 0 heterocycles. The minimum Gasteiger partial charge on any atom is -0.355 e. The van der Waals surface area contributed by atoms with Crippen molar-refractivity contribution in [3.05, 3.63) is 62.6 Å². The summed E-state index contributed by atoms with van der Waals surface area (Å²) in [5.74, 6) is -0.349. The Bertz CT molecular complexity index is 984. The highest BCUT2D eigenvalue weighted by Crippen LogP contribution is 2.28. The van der Waals surface area contributed by atoms with Crippen LogP contribution in [0.15, 0.2) is 35.2 Å². The second kappa shape index (κ2) is 9.94. The van der Waals surface area contributed by atoms with Crippen molar-refractivity contribution in [3.63, 3.8) is 0 Å². The molecule has 0 aliphatic heterocycles. The van der Waals surface area contributed by atoms with Crippen LogP contribution in [-0.2, 0) is 21.4 Å². The van der Waals surface area contributed by atoms with E-state index in [0.717, 1.165) is 12.0 Å². The number of aryl methyl sites for hydroxylation is 3. The number of nitrogens with one attached hydrogen (secondary N) is 1. The second-order valence-corrected chi connectivity index (χ2v) is 9.79. The van der Waals surface area contributed by atoms with E-state index in [0.29, 0.717) is 33.3 Å².